The van der Waals surface area contributed by atoms with Gasteiger partial charge in [-0.25, -0.2) is 4.68 Å². The number of phenolic OH excluding ortho intramolecular Hbond substituents is 1. The Morgan fingerprint density at radius 2 is 2.00 bits per heavy atom. The van der Waals surface area contributed by atoms with E-state index in [1.54, 1.807) is 18.3 Å². The van der Waals surface area contributed by atoms with Crippen LogP contribution in [0, 0.1) is 5.92 Å². The molecule has 2 aromatic rings. The minimum absolute atomic E-state index is 0.139. The van der Waals surface area contributed by atoms with Crippen molar-refractivity contribution in [2.75, 3.05) is 5.32 Å². The molecule has 0 amide bonds. The van der Waals surface area contributed by atoms with Crippen LogP contribution in [-0.2, 0) is 13.1 Å². The van der Waals surface area contributed by atoms with Gasteiger partial charge in [-0.05, 0) is 39.5 Å². The molecule has 1 heterocycles. The van der Waals surface area contributed by atoms with Gasteiger partial charge in [0.2, 0.25) is 0 Å². The van der Waals surface area contributed by atoms with Gasteiger partial charge in [0, 0.05) is 13.1 Å². The summed E-state index contributed by atoms with van der Waals surface area (Å²) in [7, 11) is 0. The van der Waals surface area contributed by atoms with Crippen molar-refractivity contribution in [3.63, 3.8) is 0 Å². The molecule has 112 valence electrons. The Bertz CT molecular complexity index is 666. The van der Waals surface area contributed by atoms with Crippen LogP contribution >= 0.6 is 15.9 Å². The van der Waals surface area contributed by atoms with Gasteiger partial charge in [0.15, 0.2) is 0 Å². The Kier molecular flexibility index (Phi) is 5.01. The summed E-state index contributed by atoms with van der Waals surface area (Å²) in [6.07, 6.45) is 1.65. The van der Waals surface area contributed by atoms with Crippen molar-refractivity contribution in [3.05, 3.63) is 50.9 Å². The Morgan fingerprint density at radius 3 is 2.62 bits per heavy atom. The molecular weight excluding hydrogens is 334 g/mol. The van der Waals surface area contributed by atoms with Gasteiger partial charge in [-0.3, -0.25) is 4.79 Å². The van der Waals surface area contributed by atoms with Crippen molar-refractivity contribution in [2.24, 2.45) is 5.92 Å². The number of nitrogens with one attached hydrogen (secondary N) is 1. The second-order valence-electron chi connectivity index (χ2n) is 5.27. The molecule has 0 aliphatic heterocycles. The van der Waals surface area contributed by atoms with Crippen LogP contribution in [0.4, 0.5) is 5.69 Å². The molecule has 0 saturated heterocycles. The first-order valence-electron chi connectivity index (χ1n) is 6.74. The lowest BCUT2D eigenvalue weighted by atomic mass is 10.2. The van der Waals surface area contributed by atoms with E-state index >= 15 is 0 Å². The maximum Gasteiger partial charge on any atom is 0.283 e. The molecule has 1 aromatic heterocycles. The molecule has 0 atom stereocenters. The van der Waals surface area contributed by atoms with Crippen molar-refractivity contribution in [1.29, 1.82) is 0 Å². The molecule has 0 fully saturated rings. The van der Waals surface area contributed by atoms with Crippen LogP contribution in [0.15, 0.2) is 39.7 Å². The predicted molar refractivity (Wildman–Crippen MR) is 86.5 cm³/mol. The van der Waals surface area contributed by atoms with Crippen LogP contribution in [0.1, 0.15) is 19.4 Å². The number of aromatic hydroxyl groups is 1. The van der Waals surface area contributed by atoms with Crippen molar-refractivity contribution in [2.45, 2.75) is 26.9 Å². The summed E-state index contributed by atoms with van der Waals surface area (Å²) in [6.45, 7) is 5.22. The summed E-state index contributed by atoms with van der Waals surface area (Å²) >= 11 is 3.33. The zero-order valence-electron chi connectivity index (χ0n) is 12.0. The number of phenols is 1. The lowest BCUT2D eigenvalue weighted by Crippen LogP contribution is -2.26. The number of rotatable bonds is 5. The summed E-state index contributed by atoms with van der Waals surface area (Å²) in [5.41, 5.74) is 1.53. The third-order valence-corrected chi connectivity index (χ3v) is 3.71. The average Bonchev–Trinajstić information content (AvgIpc) is 2.44. The molecule has 5 nitrogen and oxygen atoms in total. The Labute approximate surface area is 131 Å². The van der Waals surface area contributed by atoms with Crippen molar-refractivity contribution in [1.82, 2.24) is 9.78 Å². The summed E-state index contributed by atoms with van der Waals surface area (Å²) in [4.78, 5) is 12.2. The Morgan fingerprint density at radius 1 is 1.33 bits per heavy atom. The van der Waals surface area contributed by atoms with E-state index in [-0.39, 0.29) is 11.3 Å². The SMILES string of the molecule is CC(C)Cn1ncc(NCc2ccc(O)cc2)c(Br)c1=O. The second-order valence-corrected chi connectivity index (χ2v) is 6.07. The predicted octanol–water partition coefficient (Wildman–Crippen LogP) is 2.98. The summed E-state index contributed by atoms with van der Waals surface area (Å²) in [5.74, 6) is 0.593. The highest BCUT2D eigenvalue weighted by molar-refractivity contribution is 9.10. The van der Waals surface area contributed by atoms with E-state index in [2.05, 4.69) is 26.3 Å². The second kappa shape index (κ2) is 6.76. The molecule has 1 aromatic carbocycles. The molecule has 0 radical (unpaired) electrons. The molecule has 0 aliphatic rings. The number of aromatic nitrogens is 2. The monoisotopic (exact) mass is 351 g/mol. The highest BCUT2D eigenvalue weighted by atomic mass is 79.9. The minimum atomic E-state index is -0.139. The average molecular weight is 352 g/mol. The fraction of sp³-hybridized carbons (Fsp3) is 0.333. The smallest absolute Gasteiger partial charge is 0.283 e. The number of hydrogen-bond acceptors (Lipinski definition) is 4. The van der Waals surface area contributed by atoms with Gasteiger partial charge in [-0.15, -0.1) is 0 Å². The lowest BCUT2D eigenvalue weighted by molar-refractivity contribution is 0.462. The van der Waals surface area contributed by atoms with E-state index in [0.29, 0.717) is 29.2 Å². The minimum Gasteiger partial charge on any atom is -0.508 e. The molecule has 2 rings (SSSR count). The van der Waals surface area contributed by atoms with Gasteiger partial charge in [-0.2, -0.15) is 5.10 Å². The van der Waals surface area contributed by atoms with Gasteiger partial charge in [0.25, 0.3) is 5.56 Å². The molecule has 0 spiro atoms. The highest BCUT2D eigenvalue weighted by Crippen LogP contribution is 2.18. The summed E-state index contributed by atoms with van der Waals surface area (Å²) in [6, 6.07) is 6.91. The number of hydrogen-bond donors (Lipinski definition) is 2. The molecule has 0 unspecified atom stereocenters. The fourth-order valence-corrected chi connectivity index (χ4v) is 2.32. The molecule has 0 bridgehead atoms. The first kappa shape index (κ1) is 15.6. The number of anilines is 1. The Balaban J connectivity index is 2.12. The zero-order valence-corrected chi connectivity index (χ0v) is 13.6. The molecule has 21 heavy (non-hydrogen) atoms. The molecular formula is C15H18BrN3O2. The quantitative estimate of drug-likeness (QED) is 0.868. The first-order valence-corrected chi connectivity index (χ1v) is 7.54. The summed E-state index contributed by atoms with van der Waals surface area (Å²) < 4.78 is 1.94. The van der Waals surface area contributed by atoms with Crippen LogP contribution in [0.25, 0.3) is 0 Å². The topological polar surface area (TPSA) is 67.2 Å². The van der Waals surface area contributed by atoms with E-state index in [1.807, 2.05) is 26.0 Å². The van der Waals surface area contributed by atoms with Gasteiger partial charge in [0.1, 0.15) is 10.2 Å². The van der Waals surface area contributed by atoms with Crippen LogP contribution in [0.3, 0.4) is 0 Å². The molecule has 6 heteroatoms. The van der Waals surface area contributed by atoms with E-state index in [4.69, 9.17) is 0 Å². The lowest BCUT2D eigenvalue weighted by Gasteiger charge is -2.12. The van der Waals surface area contributed by atoms with E-state index < -0.39 is 0 Å². The van der Waals surface area contributed by atoms with E-state index in [9.17, 15) is 9.90 Å². The van der Waals surface area contributed by atoms with Crippen LogP contribution in [0.5, 0.6) is 5.75 Å². The summed E-state index contributed by atoms with van der Waals surface area (Å²) in [5, 5.41) is 16.6. The maximum atomic E-state index is 12.2. The third-order valence-electron chi connectivity index (χ3n) is 2.94. The number of benzene rings is 1. The largest absolute Gasteiger partial charge is 0.508 e. The van der Waals surface area contributed by atoms with E-state index in [1.165, 1.54) is 4.68 Å². The van der Waals surface area contributed by atoms with Gasteiger partial charge in [-0.1, -0.05) is 26.0 Å². The van der Waals surface area contributed by atoms with Crippen molar-refractivity contribution >= 4 is 21.6 Å². The van der Waals surface area contributed by atoms with Gasteiger partial charge >= 0.3 is 0 Å². The first-order chi connectivity index (χ1) is 9.97. The van der Waals surface area contributed by atoms with Gasteiger partial charge in [0.05, 0.1) is 11.9 Å². The Hall–Kier alpha value is -1.82. The molecule has 0 aliphatic carbocycles. The number of nitrogens with zero attached hydrogens (tertiary/aromatic N) is 2. The van der Waals surface area contributed by atoms with Crippen LogP contribution in [0.2, 0.25) is 0 Å². The van der Waals surface area contributed by atoms with Crippen LogP contribution < -0.4 is 10.9 Å². The normalized spacial score (nSPS) is 10.9. The van der Waals surface area contributed by atoms with Gasteiger partial charge < -0.3 is 10.4 Å². The zero-order chi connectivity index (χ0) is 15.4. The number of halogens is 1. The third kappa shape index (κ3) is 4.07. The van der Waals surface area contributed by atoms with E-state index in [0.717, 1.165) is 5.56 Å². The molecule has 2 N–H and O–H groups in total. The standard InChI is InChI=1S/C15H18BrN3O2/c1-10(2)9-19-15(21)14(16)13(8-18-19)17-7-11-3-5-12(20)6-4-11/h3-6,8,10,17,20H,7,9H2,1-2H3. The van der Waals surface area contributed by atoms with Crippen molar-refractivity contribution < 1.29 is 5.11 Å². The maximum absolute atomic E-state index is 12.2. The fourth-order valence-electron chi connectivity index (χ4n) is 1.88. The van der Waals surface area contributed by atoms with Crippen LogP contribution in [-0.4, -0.2) is 14.9 Å². The highest BCUT2D eigenvalue weighted by Gasteiger charge is 2.09. The molecule has 0 saturated carbocycles. The van der Waals surface area contributed by atoms with Crippen molar-refractivity contribution in [3.8, 4) is 5.75 Å².